The molecule has 0 spiro atoms. The second-order valence-corrected chi connectivity index (χ2v) is 9.20. The molecule has 3 fully saturated rings. The van der Waals surface area contributed by atoms with E-state index in [9.17, 15) is 19.8 Å². The molecule has 0 radical (unpaired) electrons. The van der Waals surface area contributed by atoms with Crippen molar-refractivity contribution in [2.75, 3.05) is 19.8 Å². The van der Waals surface area contributed by atoms with Gasteiger partial charge >= 0.3 is 11.9 Å². The zero-order chi connectivity index (χ0) is 21.4. The molecule has 7 heteroatoms. The predicted molar refractivity (Wildman–Crippen MR) is 106 cm³/mol. The Morgan fingerprint density at radius 3 is 2.79 bits per heavy atom. The summed E-state index contributed by atoms with van der Waals surface area (Å²) in [6.07, 6.45) is 4.30. The number of carbonyl (C=O) groups is 2. The number of cyclic esters (lactones) is 1. The van der Waals surface area contributed by atoms with Crippen LogP contribution in [-0.4, -0.2) is 54.1 Å². The quantitative estimate of drug-likeness (QED) is 0.359. The fraction of sp³-hybridized carbons (Fsp3) is 0.727. The number of ether oxygens (including phenoxy) is 2. The maximum Gasteiger partial charge on any atom is 0.337 e. The number of hydrogen-bond acceptors (Lipinski definition) is 7. The molecule has 2 unspecified atom stereocenters. The highest BCUT2D eigenvalue weighted by atomic mass is 16.6. The molecule has 2 saturated carbocycles. The van der Waals surface area contributed by atoms with Gasteiger partial charge in [-0.3, -0.25) is 4.79 Å². The van der Waals surface area contributed by atoms with E-state index in [0.29, 0.717) is 18.4 Å². The molecule has 0 amide bonds. The maximum absolute atomic E-state index is 12.2. The van der Waals surface area contributed by atoms with Gasteiger partial charge in [0.05, 0.1) is 24.8 Å². The molecule has 29 heavy (non-hydrogen) atoms. The maximum atomic E-state index is 12.2. The van der Waals surface area contributed by atoms with Gasteiger partial charge in [-0.1, -0.05) is 32.1 Å². The number of rotatable bonds is 5. The van der Waals surface area contributed by atoms with E-state index in [-0.39, 0.29) is 37.0 Å². The Kier molecular flexibility index (Phi) is 6.22. The highest BCUT2D eigenvalue weighted by molar-refractivity contribution is 5.92. The molecule has 0 aromatic heterocycles. The van der Waals surface area contributed by atoms with Crippen molar-refractivity contribution in [3.63, 3.8) is 0 Å². The van der Waals surface area contributed by atoms with Gasteiger partial charge in [-0.05, 0) is 49.4 Å². The largest absolute Gasteiger partial charge is 0.458 e. The average Bonchev–Trinajstić information content (AvgIpc) is 3.03. The van der Waals surface area contributed by atoms with Crippen LogP contribution in [0, 0.1) is 22.7 Å². The third-order valence-electron chi connectivity index (χ3n) is 7.66. The Bertz CT molecular complexity index is 718. The van der Waals surface area contributed by atoms with E-state index in [4.69, 9.17) is 15.2 Å². The lowest BCUT2D eigenvalue weighted by Crippen LogP contribution is -2.57. The zero-order valence-electron chi connectivity index (χ0n) is 17.4. The number of aliphatic hydroxyl groups is 2. The molecule has 162 valence electrons. The Morgan fingerprint density at radius 1 is 1.41 bits per heavy atom. The van der Waals surface area contributed by atoms with Crippen LogP contribution in [0.5, 0.6) is 0 Å². The van der Waals surface area contributed by atoms with Gasteiger partial charge in [0.15, 0.2) is 6.10 Å². The molecule has 1 saturated heterocycles. The lowest BCUT2D eigenvalue weighted by molar-refractivity contribution is -0.151. The number of carbonyl (C=O) groups excluding carboxylic acids is 2. The summed E-state index contributed by atoms with van der Waals surface area (Å²) in [5.41, 5.74) is 6.09. The molecule has 0 bridgehead atoms. The number of esters is 2. The van der Waals surface area contributed by atoms with Crippen LogP contribution in [0.1, 0.15) is 46.0 Å². The van der Waals surface area contributed by atoms with Gasteiger partial charge < -0.3 is 25.4 Å². The lowest BCUT2D eigenvalue weighted by Gasteiger charge is -2.59. The topological polar surface area (TPSA) is 119 Å². The summed E-state index contributed by atoms with van der Waals surface area (Å²) in [6, 6.07) is 0. The molecule has 3 aliphatic rings. The minimum atomic E-state index is -0.727. The van der Waals surface area contributed by atoms with Crippen molar-refractivity contribution in [3.8, 4) is 0 Å². The number of allylic oxidation sites excluding steroid dienone is 2. The molecule has 1 heterocycles. The van der Waals surface area contributed by atoms with Crippen LogP contribution < -0.4 is 5.73 Å². The zero-order valence-corrected chi connectivity index (χ0v) is 17.4. The fourth-order valence-electron chi connectivity index (χ4n) is 5.86. The SMILES string of the molecule is C=C1CCC2[C@](C)(CO)[C@H](O)CC[C@@]2(C)[C@@H]1C/C=C1/C(=O)OCC1OC(=O)CN. The highest BCUT2D eigenvalue weighted by Gasteiger charge is 2.57. The van der Waals surface area contributed by atoms with Crippen molar-refractivity contribution in [1.29, 1.82) is 0 Å². The van der Waals surface area contributed by atoms with Crippen LogP contribution in [0.3, 0.4) is 0 Å². The third-order valence-corrected chi connectivity index (χ3v) is 7.66. The van der Waals surface area contributed by atoms with Gasteiger partial charge in [0, 0.05) is 5.41 Å². The molecular formula is C22H33NO6. The highest BCUT2D eigenvalue weighted by Crippen LogP contribution is 2.61. The molecule has 0 aromatic rings. The van der Waals surface area contributed by atoms with Crippen LogP contribution in [0.4, 0.5) is 0 Å². The first-order valence-electron chi connectivity index (χ1n) is 10.4. The van der Waals surface area contributed by atoms with E-state index in [2.05, 4.69) is 13.5 Å². The molecule has 4 N–H and O–H groups in total. The third kappa shape index (κ3) is 3.76. The molecule has 3 rings (SSSR count). The van der Waals surface area contributed by atoms with Crippen LogP contribution >= 0.6 is 0 Å². The minimum absolute atomic E-state index is 0.0106. The Labute approximate surface area is 171 Å². The smallest absolute Gasteiger partial charge is 0.337 e. The minimum Gasteiger partial charge on any atom is -0.458 e. The molecular weight excluding hydrogens is 374 g/mol. The molecule has 6 atom stereocenters. The summed E-state index contributed by atoms with van der Waals surface area (Å²) < 4.78 is 10.3. The first-order chi connectivity index (χ1) is 13.7. The summed E-state index contributed by atoms with van der Waals surface area (Å²) >= 11 is 0. The second-order valence-electron chi connectivity index (χ2n) is 9.20. The lowest BCUT2D eigenvalue weighted by atomic mass is 9.46. The van der Waals surface area contributed by atoms with Crippen LogP contribution in [0.15, 0.2) is 23.8 Å². The number of hydrogen-bond donors (Lipinski definition) is 3. The van der Waals surface area contributed by atoms with E-state index in [1.165, 1.54) is 0 Å². The molecule has 7 nitrogen and oxygen atoms in total. The van der Waals surface area contributed by atoms with Crippen LogP contribution in [-0.2, 0) is 19.1 Å². The molecule has 0 aromatic carbocycles. The number of fused-ring (bicyclic) bond motifs is 1. The van der Waals surface area contributed by atoms with Gasteiger partial charge in [-0.2, -0.15) is 0 Å². The first kappa shape index (κ1) is 22.0. The van der Waals surface area contributed by atoms with E-state index in [1.807, 2.05) is 13.0 Å². The van der Waals surface area contributed by atoms with Crippen molar-refractivity contribution in [1.82, 2.24) is 0 Å². The van der Waals surface area contributed by atoms with Crippen molar-refractivity contribution in [2.24, 2.45) is 28.4 Å². The van der Waals surface area contributed by atoms with Gasteiger partial charge in [-0.25, -0.2) is 4.79 Å². The van der Waals surface area contributed by atoms with Gasteiger partial charge in [-0.15, -0.1) is 0 Å². The van der Waals surface area contributed by atoms with Gasteiger partial charge in [0.2, 0.25) is 0 Å². The molecule has 1 aliphatic heterocycles. The Morgan fingerprint density at radius 2 is 2.14 bits per heavy atom. The van der Waals surface area contributed by atoms with E-state index in [1.54, 1.807) is 0 Å². The summed E-state index contributed by atoms with van der Waals surface area (Å²) in [7, 11) is 0. The van der Waals surface area contributed by atoms with E-state index in [0.717, 1.165) is 24.8 Å². The number of aliphatic hydroxyl groups excluding tert-OH is 2. The van der Waals surface area contributed by atoms with Gasteiger partial charge in [0.1, 0.15) is 6.61 Å². The Balaban J connectivity index is 1.85. The van der Waals surface area contributed by atoms with E-state index < -0.39 is 29.6 Å². The van der Waals surface area contributed by atoms with Crippen molar-refractivity contribution < 1.29 is 29.3 Å². The monoisotopic (exact) mass is 407 g/mol. The second kappa shape index (κ2) is 8.20. The van der Waals surface area contributed by atoms with Crippen molar-refractivity contribution in [2.45, 2.75) is 58.2 Å². The normalized spacial score (nSPS) is 41.2. The summed E-state index contributed by atoms with van der Waals surface area (Å²) in [5, 5.41) is 20.7. The van der Waals surface area contributed by atoms with Crippen molar-refractivity contribution in [3.05, 3.63) is 23.8 Å². The van der Waals surface area contributed by atoms with Gasteiger partial charge in [0.25, 0.3) is 0 Å². The van der Waals surface area contributed by atoms with Crippen LogP contribution in [0.25, 0.3) is 0 Å². The van der Waals surface area contributed by atoms with Crippen molar-refractivity contribution >= 4 is 11.9 Å². The first-order valence-corrected chi connectivity index (χ1v) is 10.4. The Hall–Kier alpha value is -1.70. The van der Waals surface area contributed by atoms with E-state index >= 15 is 0 Å². The summed E-state index contributed by atoms with van der Waals surface area (Å²) in [5.74, 6) is -0.791. The molecule has 2 aliphatic carbocycles. The average molecular weight is 408 g/mol. The number of nitrogens with two attached hydrogens (primary N) is 1. The standard InChI is InChI=1S/C22H33NO6/c1-13-4-7-17-21(2,9-8-18(25)22(17,3)12-24)15(13)6-5-14-16(11-28-20(14)27)29-19(26)10-23/h5,15-18,24-25H,1,4,6-12,23H2,2-3H3/b14-5+/t15-,16?,17?,18-,21+,22+/m1/s1. The summed E-state index contributed by atoms with van der Waals surface area (Å²) in [4.78, 5) is 23.7. The fourth-order valence-corrected chi connectivity index (χ4v) is 5.86. The van der Waals surface area contributed by atoms with Crippen LogP contribution in [0.2, 0.25) is 0 Å². The summed E-state index contributed by atoms with van der Waals surface area (Å²) in [6.45, 7) is 8.18. The predicted octanol–water partition coefficient (Wildman–Crippen LogP) is 1.47.